The lowest BCUT2D eigenvalue weighted by atomic mass is 9.81. The van der Waals surface area contributed by atoms with Gasteiger partial charge in [0.05, 0.1) is 18.6 Å². The summed E-state index contributed by atoms with van der Waals surface area (Å²) < 4.78 is 33.0. The van der Waals surface area contributed by atoms with E-state index in [4.69, 9.17) is 4.74 Å². The smallest absolute Gasteiger partial charge is 0.313 e. The van der Waals surface area contributed by atoms with Crippen LogP contribution in [0.5, 0.6) is 0 Å². The van der Waals surface area contributed by atoms with E-state index < -0.39 is 27.4 Å². The standard InChI is InChI=1S/C18H22N2O4S/c1-13-10-11-15(19-12-13)25(22,23)20-16(14-8-6-5-7-9-14)18(2,3)17(21)24-4/h5-12,16,20H,1-4H3. The van der Waals surface area contributed by atoms with E-state index in [0.29, 0.717) is 5.56 Å². The van der Waals surface area contributed by atoms with E-state index in [1.165, 1.54) is 19.4 Å². The molecule has 0 aliphatic heterocycles. The second kappa shape index (κ2) is 7.33. The van der Waals surface area contributed by atoms with Gasteiger partial charge in [-0.15, -0.1) is 0 Å². The lowest BCUT2D eigenvalue weighted by Gasteiger charge is -2.32. The fraction of sp³-hybridized carbons (Fsp3) is 0.333. The molecule has 0 saturated heterocycles. The molecule has 7 heteroatoms. The third kappa shape index (κ3) is 4.24. The number of rotatable bonds is 6. The summed E-state index contributed by atoms with van der Waals surface area (Å²) in [7, 11) is -2.64. The van der Waals surface area contributed by atoms with Crippen molar-refractivity contribution in [1.29, 1.82) is 0 Å². The van der Waals surface area contributed by atoms with E-state index in [0.717, 1.165) is 5.56 Å². The molecule has 6 nitrogen and oxygen atoms in total. The molecule has 0 amide bonds. The predicted octanol–water partition coefficient (Wildman–Crippen LogP) is 2.61. The lowest BCUT2D eigenvalue weighted by Crippen LogP contribution is -2.43. The number of aryl methyl sites for hydroxylation is 1. The number of esters is 1. The van der Waals surface area contributed by atoms with Gasteiger partial charge >= 0.3 is 5.97 Å². The van der Waals surface area contributed by atoms with Crippen molar-refractivity contribution in [2.45, 2.75) is 31.8 Å². The van der Waals surface area contributed by atoms with E-state index in [-0.39, 0.29) is 5.03 Å². The van der Waals surface area contributed by atoms with Crippen LogP contribution in [0.4, 0.5) is 0 Å². The molecule has 2 rings (SSSR count). The maximum absolute atomic E-state index is 12.8. The molecule has 1 heterocycles. The van der Waals surface area contributed by atoms with E-state index in [9.17, 15) is 13.2 Å². The van der Waals surface area contributed by atoms with Crippen LogP contribution in [-0.4, -0.2) is 26.5 Å². The van der Waals surface area contributed by atoms with Crippen molar-refractivity contribution in [3.8, 4) is 0 Å². The van der Waals surface area contributed by atoms with Crippen molar-refractivity contribution in [3.63, 3.8) is 0 Å². The van der Waals surface area contributed by atoms with Crippen LogP contribution in [0.15, 0.2) is 53.7 Å². The van der Waals surface area contributed by atoms with Gasteiger partial charge in [-0.3, -0.25) is 4.79 Å². The topological polar surface area (TPSA) is 85.4 Å². The van der Waals surface area contributed by atoms with Crippen LogP contribution in [0.25, 0.3) is 0 Å². The minimum absolute atomic E-state index is 0.0975. The van der Waals surface area contributed by atoms with Crippen molar-refractivity contribution in [3.05, 3.63) is 59.8 Å². The van der Waals surface area contributed by atoms with E-state index in [1.54, 1.807) is 44.2 Å². The fourth-order valence-corrected chi connectivity index (χ4v) is 3.79. The highest BCUT2D eigenvalue weighted by molar-refractivity contribution is 7.89. The van der Waals surface area contributed by atoms with Gasteiger partial charge in [-0.1, -0.05) is 36.4 Å². The average Bonchev–Trinajstić information content (AvgIpc) is 2.60. The zero-order valence-electron chi connectivity index (χ0n) is 14.7. The summed E-state index contributed by atoms with van der Waals surface area (Å²) in [5.41, 5.74) is 0.399. The zero-order chi connectivity index (χ0) is 18.7. The molecule has 0 saturated carbocycles. The van der Waals surface area contributed by atoms with Crippen molar-refractivity contribution in [1.82, 2.24) is 9.71 Å². The summed E-state index contributed by atoms with van der Waals surface area (Å²) in [6, 6.07) is 11.2. The molecular formula is C18H22N2O4S. The highest BCUT2D eigenvalue weighted by atomic mass is 32.2. The Balaban J connectivity index is 2.46. The van der Waals surface area contributed by atoms with Crippen molar-refractivity contribution in [2.24, 2.45) is 5.41 Å². The van der Waals surface area contributed by atoms with Gasteiger partial charge < -0.3 is 4.74 Å². The number of methoxy groups -OCH3 is 1. The fourth-order valence-electron chi connectivity index (χ4n) is 2.49. The van der Waals surface area contributed by atoms with Gasteiger partial charge in [0.15, 0.2) is 5.03 Å². The molecule has 1 aromatic carbocycles. The van der Waals surface area contributed by atoms with E-state index >= 15 is 0 Å². The van der Waals surface area contributed by atoms with Crippen LogP contribution in [0.1, 0.15) is 31.0 Å². The molecule has 0 spiro atoms. The molecule has 0 aliphatic rings. The molecule has 25 heavy (non-hydrogen) atoms. The van der Waals surface area contributed by atoms with E-state index in [2.05, 4.69) is 9.71 Å². The summed E-state index contributed by atoms with van der Waals surface area (Å²) in [5.74, 6) is -0.513. The van der Waals surface area contributed by atoms with Crippen molar-refractivity contribution < 1.29 is 17.9 Å². The van der Waals surface area contributed by atoms with Gasteiger partial charge in [0.25, 0.3) is 10.0 Å². The maximum atomic E-state index is 12.8. The predicted molar refractivity (Wildman–Crippen MR) is 94.3 cm³/mol. The Hall–Kier alpha value is -2.25. The number of hydrogen-bond acceptors (Lipinski definition) is 5. The summed E-state index contributed by atoms with van der Waals surface area (Å²) >= 11 is 0. The number of benzene rings is 1. The van der Waals surface area contributed by atoms with Gasteiger partial charge in [0.1, 0.15) is 0 Å². The molecule has 1 aromatic heterocycles. The number of pyridine rings is 1. The largest absolute Gasteiger partial charge is 0.469 e. The molecule has 1 unspecified atom stereocenters. The third-order valence-corrected chi connectivity index (χ3v) is 5.34. The van der Waals surface area contributed by atoms with Gasteiger partial charge in [0, 0.05) is 6.20 Å². The van der Waals surface area contributed by atoms with Crippen LogP contribution in [0.2, 0.25) is 0 Å². The molecular weight excluding hydrogens is 340 g/mol. The Morgan fingerprint density at radius 2 is 1.80 bits per heavy atom. The second-order valence-corrected chi connectivity index (χ2v) is 8.01. The Kier molecular flexibility index (Phi) is 5.59. The number of carbonyl (C=O) groups excluding carboxylic acids is 1. The SMILES string of the molecule is COC(=O)C(C)(C)C(NS(=O)(=O)c1ccc(C)cn1)c1ccccc1. The molecule has 1 atom stereocenters. The second-order valence-electron chi connectivity index (χ2n) is 6.35. The third-order valence-electron chi connectivity index (χ3n) is 4.00. The Labute approximate surface area is 148 Å². The molecule has 1 N–H and O–H groups in total. The first-order valence-corrected chi connectivity index (χ1v) is 9.25. The highest BCUT2D eigenvalue weighted by Crippen LogP contribution is 2.35. The average molecular weight is 362 g/mol. The first-order valence-electron chi connectivity index (χ1n) is 7.77. The number of nitrogens with one attached hydrogen (secondary N) is 1. The molecule has 0 fully saturated rings. The number of hydrogen-bond donors (Lipinski definition) is 1. The number of sulfonamides is 1. The molecule has 134 valence electrons. The van der Waals surface area contributed by atoms with Gasteiger partial charge in [-0.2, -0.15) is 0 Å². The minimum Gasteiger partial charge on any atom is -0.469 e. The summed E-state index contributed by atoms with van der Waals surface area (Å²) in [5, 5.41) is -0.0975. The normalized spacial score (nSPS) is 13.3. The number of nitrogens with zero attached hydrogens (tertiary/aromatic N) is 1. The molecule has 0 bridgehead atoms. The van der Waals surface area contributed by atoms with Crippen LogP contribution < -0.4 is 4.72 Å². The Morgan fingerprint density at radius 3 is 2.32 bits per heavy atom. The monoisotopic (exact) mass is 362 g/mol. The van der Waals surface area contributed by atoms with Crippen LogP contribution >= 0.6 is 0 Å². The van der Waals surface area contributed by atoms with Crippen molar-refractivity contribution in [2.75, 3.05) is 7.11 Å². The van der Waals surface area contributed by atoms with E-state index in [1.807, 2.05) is 13.0 Å². The number of aromatic nitrogens is 1. The Bertz CT molecular complexity index is 831. The first-order chi connectivity index (χ1) is 11.7. The van der Waals surface area contributed by atoms with Crippen molar-refractivity contribution >= 4 is 16.0 Å². The first kappa shape index (κ1) is 19.1. The summed E-state index contributed by atoms with van der Waals surface area (Å²) in [4.78, 5) is 16.2. The molecule has 2 aromatic rings. The van der Waals surface area contributed by atoms with Gasteiger partial charge in [0.2, 0.25) is 0 Å². The summed E-state index contributed by atoms with van der Waals surface area (Å²) in [6.45, 7) is 5.10. The Morgan fingerprint density at radius 1 is 1.16 bits per heavy atom. The van der Waals surface area contributed by atoms with Gasteiger partial charge in [-0.25, -0.2) is 18.1 Å². The number of ether oxygens (including phenoxy) is 1. The molecule has 0 aliphatic carbocycles. The van der Waals surface area contributed by atoms with Crippen LogP contribution in [-0.2, 0) is 19.6 Å². The van der Waals surface area contributed by atoms with Crippen LogP contribution in [0, 0.1) is 12.3 Å². The quantitative estimate of drug-likeness (QED) is 0.799. The van der Waals surface area contributed by atoms with Gasteiger partial charge in [-0.05, 0) is 38.0 Å². The zero-order valence-corrected chi connectivity index (χ0v) is 15.5. The summed E-state index contributed by atoms with van der Waals surface area (Å²) in [6.07, 6.45) is 1.48. The highest BCUT2D eigenvalue weighted by Gasteiger charge is 2.41. The molecule has 0 radical (unpaired) electrons. The maximum Gasteiger partial charge on any atom is 0.313 e. The minimum atomic E-state index is -3.92. The lowest BCUT2D eigenvalue weighted by molar-refractivity contribution is -0.152. The number of carbonyl (C=O) groups is 1. The van der Waals surface area contributed by atoms with Crippen LogP contribution in [0.3, 0.4) is 0 Å².